The van der Waals surface area contributed by atoms with Crippen LogP contribution in [-0.4, -0.2) is 31.2 Å². The molecule has 2 aliphatic rings. The molecule has 1 saturated heterocycles. The SMILES string of the molecule is NNC(=O)C1CCCN([B]C2=CC=CC=CC=C2)C1. The molecule has 5 heteroatoms. The highest BCUT2D eigenvalue weighted by molar-refractivity contribution is 6.43. The molecule has 1 amide bonds. The Morgan fingerprint density at radius 1 is 1.32 bits per heavy atom. The third-order valence-corrected chi connectivity index (χ3v) is 3.32. The average Bonchev–Trinajstić information content (AvgIpc) is 2.41. The van der Waals surface area contributed by atoms with Gasteiger partial charge in [0.15, 0.2) is 0 Å². The van der Waals surface area contributed by atoms with E-state index in [-0.39, 0.29) is 11.8 Å². The molecule has 0 aromatic rings. The minimum Gasteiger partial charge on any atom is -0.342 e. The molecule has 0 aromatic carbocycles. The van der Waals surface area contributed by atoms with Gasteiger partial charge in [-0.25, -0.2) is 5.84 Å². The summed E-state index contributed by atoms with van der Waals surface area (Å²) < 4.78 is 0. The number of allylic oxidation sites excluding steroid dienone is 8. The van der Waals surface area contributed by atoms with Crippen LogP contribution in [0, 0.1) is 5.92 Å². The van der Waals surface area contributed by atoms with Crippen molar-refractivity contribution in [2.45, 2.75) is 12.8 Å². The minimum atomic E-state index is -0.0666. The number of nitrogens with zero attached hydrogens (tertiary/aromatic N) is 1. The first kappa shape index (κ1) is 13.8. The van der Waals surface area contributed by atoms with Crippen molar-refractivity contribution in [2.75, 3.05) is 13.1 Å². The van der Waals surface area contributed by atoms with Gasteiger partial charge in [0.2, 0.25) is 13.3 Å². The Morgan fingerprint density at radius 3 is 2.95 bits per heavy atom. The maximum atomic E-state index is 11.6. The van der Waals surface area contributed by atoms with E-state index in [1.165, 1.54) is 0 Å². The summed E-state index contributed by atoms with van der Waals surface area (Å²) in [5, 5.41) is 0. The van der Waals surface area contributed by atoms with Gasteiger partial charge in [-0.05, 0) is 25.9 Å². The van der Waals surface area contributed by atoms with Crippen molar-refractivity contribution in [3.63, 3.8) is 0 Å². The summed E-state index contributed by atoms with van der Waals surface area (Å²) in [5.74, 6) is 5.13. The normalized spacial score (nSPS) is 23.4. The van der Waals surface area contributed by atoms with Gasteiger partial charge in [-0.15, -0.1) is 0 Å². The summed E-state index contributed by atoms with van der Waals surface area (Å²) >= 11 is 0. The Morgan fingerprint density at radius 2 is 2.11 bits per heavy atom. The highest BCUT2D eigenvalue weighted by atomic mass is 16.2. The largest absolute Gasteiger partial charge is 0.342 e. The molecule has 0 bridgehead atoms. The zero-order valence-electron chi connectivity index (χ0n) is 11.0. The summed E-state index contributed by atoms with van der Waals surface area (Å²) in [6.07, 6.45) is 16.1. The summed E-state index contributed by atoms with van der Waals surface area (Å²) in [5.41, 5.74) is 3.38. The van der Waals surface area contributed by atoms with Crippen LogP contribution >= 0.6 is 0 Å². The number of rotatable bonds is 3. The van der Waals surface area contributed by atoms with Crippen molar-refractivity contribution in [1.82, 2.24) is 10.2 Å². The molecule has 1 fully saturated rings. The molecular weight excluding hydrogens is 237 g/mol. The molecule has 2 rings (SSSR count). The van der Waals surface area contributed by atoms with Gasteiger partial charge in [-0.1, -0.05) is 48.0 Å². The second kappa shape index (κ2) is 7.11. The van der Waals surface area contributed by atoms with Crippen molar-refractivity contribution in [1.29, 1.82) is 0 Å². The third-order valence-electron chi connectivity index (χ3n) is 3.32. The van der Waals surface area contributed by atoms with Gasteiger partial charge in [-0.3, -0.25) is 10.2 Å². The standard InChI is InChI=1S/C14H19BN3O/c16-17-14(19)12-7-6-10-18(11-12)15-13-8-4-2-1-3-5-9-13/h1-5,8-9,12H,6-7,10-11,16H2,(H,17,19). The second-order valence-electron chi connectivity index (χ2n) is 4.77. The van der Waals surface area contributed by atoms with Gasteiger partial charge in [0.05, 0.1) is 5.92 Å². The summed E-state index contributed by atoms with van der Waals surface area (Å²) in [4.78, 5) is 13.8. The van der Waals surface area contributed by atoms with Crippen LogP contribution in [-0.2, 0) is 4.79 Å². The van der Waals surface area contributed by atoms with Crippen molar-refractivity contribution >= 4 is 13.3 Å². The fourth-order valence-electron chi connectivity index (χ4n) is 2.33. The molecule has 1 aliphatic carbocycles. The molecular formula is C14H19BN3O. The van der Waals surface area contributed by atoms with Crippen LogP contribution in [0.25, 0.3) is 0 Å². The number of hydrogen-bond donors (Lipinski definition) is 2. The van der Waals surface area contributed by atoms with Crippen LogP contribution in [0.5, 0.6) is 0 Å². The predicted octanol–water partition coefficient (Wildman–Crippen LogP) is 0.874. The van der Waals surface area contributed by atoms with Crippen molar-refractivity contribution in [2.24, 2.45) is 11.8 Å². The number of nitrogens with two attached hydrogens (primary N) is 1. The minimum absolute atomic E-state index is 0.0106. The summed E-state index contributed by atoms with van der Waals surface area (Å²) in [6.45, 7) is 1.72. The first-order valence-electron chi connectivity index (χ1n) is 6.60. The first-order valence-corrected chi connectivity index (χ1v) is 6.60. The summed E-state index contributed by atoms with van der Waals surface area (Å²) in [6, 6.07) is 0. The average molecular weight is 256 g/mol. The van der Waals surface area contributed by atoms with Gasteiger partial charge in [0.25, 0.3) is 0 Å². The number of amides is 1. The molecule has 4 nitrogen and oxygen atoms in total. The molecule has 1 radical (unpaired) electrons. The zero-order valence-corrected chi connectivity index (χ0v) is 11.0. The molecule has 1 unspecified atom stereocenters. The van der Waals surface area contributed by atoms with E-state index in [1.807, 2.05) is 30.4 Å². The lowest BCUT2D eigenvalue weighted by Gasteiger charge is -2.31. The van der Waals surface area contributed by atoms with Crippen LogP contribution in [0.15, 0.2) is 48.0 Å². The highest BCUT2D eigenvalue weighted by Gasteiger charge is 2.25. The van der Waals surface area contributed by atoms with Gasteiger partial charge in [0.1, 0.15) is 0 Å². The Kier molecular flexibility index (Phi) is 5.18. The van der Waals surface area contributed by atoms with E-state index >= 15 is 0 Å². The molecule has 19 heavy (non-hydrogen) atoms. The van der Waals surface area contributed by atoms with Crippen LogP contribution in [0.3, 0.4) is 0 Å². The molecule has 1 aliphatic heterocycles. The Labute approximate surface area is 115 Å². The maximum Gasteiger partial charge on any atom is 0.247 e. The molecule has 3 N–H and O–H groups in total. The number of piperidine rings is 1. The van der Waals surface area contributed by atoms with Gasteiger partial charge in [0, 0.05) is 0 Å². The van der Waals surface area contributed by atoms with Crippen LogP contribution < -0.4 is 11.3 Å². The van der Waals surface area contributed by atoms with Crippen LogP contribution in [0.1, 0.15) is 12.8 Å². The number of hydrazine groups is 1. The zero-order chi connectivity index (χ0) is 13.5. The van der Waals surface area contributed by atoms with E-state index in [1.54, 1.807) is 0 Å². The lowest BCUT2D eigenvalue weighted by atomic mass is 9.76. The first-order chi connectivity index (χ1) is 9.29. The fourth-order valence-corrected chi connectivity index (χ4v) is 2.33. The van der Waals surface area contributed by atoms with E-state index in [4.69, 9.17) is 5.84 Å². The van der Waals surface area contributed by atoms with Crippen molar-refractivity contribution in [3.05, 3.63) is 48.0 Å². The van der Waals surface area contributed by atoms with E-state index < -0.39 is 0 Å². The van der Waals surface area contributed by atoms with E-state index in [9.17, 15) is 4.79 Å². The number of hydrogen-bond acceptors (Lipinski definition) is 3. The molecule has 0 saturated carbocycles. The molecule has 0 aromatic heterocycles. The van der Waals surface area contributed by atoms with Gasteiger partial charge in [-0.2, -0.15) is 0 Å². The molecule has 0 spiro atoms. The van der Waals surface area contributed by atoms with Gasteiger partial charge >= 0.3 is 0 Å². The topological polar surface area (TPSA) is 58.4 Å². The lowest BCUT2D eigenvalue weighted by Crippen LogP contribution is -2.46. The van der Waals surface area contributed by atoms with E-state index in [2.05, 4.69) is 29.8 Å². The quantitative estimate of drug-likeness (QED) is 0.341. The smallest absolute Gasteiger partial charge is 0.247 e. The summed E-state index contributed by atoms with van der Waals surface area (Å²) in [7, 11) is 2.11. The fraction of sp³-hybridized carbons (Fsp3) is 0.357. The van der Waals surface area contributed by atoms with Gasteiger partial charge < -0.3 is 4.81 Å². The molecule has 99 valence electrons. The number of nitrogens with one attached hydrogen (secondary N) is 1. The monoisotopic (exact) mass is 256 g/mol. The third kappa shape index (κ3) is 4.22. The second-order valence-corrected chi connectivity index (χ2v) is 4.77. The van der Waals surface area contributed by atoms with Crippen LogP contribution in [0.4, 0.5) is 0 Å². The molecule has 1 heterocycles. The van der Waals surface area contributed by atoms with Crippen LogP contribution in [0.2, 0.25) is 0 Å². The van der Waals surface area contributed by atoms with Crippen molar-refractivity contribution in [3.8, 4) is 0 Å². The Bertz CT molecular complexity index is 440. The Hall–Kier alpha value is -1.59. The van der Waals surface area contributed by atoms with E-state index in [0.717, 1.165) is 31.4 Å². The highest BCUT2D eigenvalue weighted by Crippen LogP contribution is 2.17. The Balaban J connectivity index is 1.93. The molecule has 1 atom stereocenters. The lowest BCUT2D eigenvalue weighted by molar-refractivity contribution is -0.126. The number of carbonyl (C=O) groups excluding carboxylic acids is 1. The number of carbonyl (C=O) groups is 1. The van der Waals surface area contributed by atoms with E-state index in [0.29, 0.717) is 0 Å². The predicted molar refractivity (Wildman–Crippen MR) is 77.9 cm³/mol. The van der Waals surface area contributed by atoms with Crippen molar-refractivity contribution < 1.29 is 4.79 Å². The maximum absolute atomic E-state index is 11.6.